The van der Waals surface area contributed by atoms with E-state index in [0.717, 1.165) is 55.1 Å². The number of piperazine rings is 1. The maximum Gasteiger partial charge on any atom is 0.350 e. The summed E-state index contributed by atoms with van der Waals surface area (Å²) in [6.45, 7) is 10.3. The van der Waals surface area contributed by atoms with Crippen LogP contribution in [0.3, 0.4) is 0 Å². The summed E-state index contributed by atoms with van der Waals surface area (Å²) in [6, 6.07) is 19.5. The molecular formula is C38H44F2N8O4. The van der Waals surface area contributed by atoms with E-state index in [1.807, 2.05) is 57.2 Å². The Balaban J connectivity index is 0.914. The van der Waals surface area contributed by atoms with Crippen molar-refractivity contribution in [3.63, 3.8) is 0 Å². The minimum Gasteiger partial charge on any atom is -0.493 e. The highest BCUT2D eigenvalue weighted by molar-refractivity contribution is 5.54. The number of aliphatic hydroxyl groups is 1. The lowest BCUT2D eigenvalue weighted by Gasteiger charge is -2.37. The monoisotopic (exact) mass is 714 g/mol. The molecule has 0 aliphatic carbocycles. The molecule has 3 unspecified atom stereocenters. The fraction of sp³-hybridized carbons (Fsp3) is 0.421. The van der Waals surface area contributed by atoms with Gasteiger partial charge in [-0.25, -0.2) is 32.5 Å². The molecule has 3 atom stereocenters. The van der Waals surface area contributed by atoms with Gasteiger partial charge in [-0.15, -0.1) is 0 Å². The zero-order valence-corrected chi connectivity index (χ0v) is 29.6. The number of nitrogens with zero attached hydrogens (tertiary/aromatic N) is 8. The van der Waals surface area contributed by atoms with Gasteiger partial charge in [0, 0.05) is 55.1 Å². The van der Waals surface area contributed by atoms with Crippen LogP contribution in [0.5, 0.6) is 5.75 Å². The molecule has 0 saturated carbocycles. The van der Waals surface area contributed by atoms with Gasteiger partial charge in [-0.3, -0.25) is 0 Å². The molecule has 5 aromatic rings. The van der Waals surface area contributed by atoms with E-state index in [2.05, 4.69) is 37.1 Å². The number of anilines is 2. The van der Waals surface area contributed by atoms with Crippen LogP contribution < -0.4 is 20.2 Å². The van der Waals surface area contributed by atoms with Crippen molar-refractivity contribution >= 4 is 11.4 Å². The SMILES string of the molecule is CC(C)(C)C(O)Cn1ncn(-c2ccc(N3CCN(c4ccc(OCC5COC(Cn6cncn6)(c6ccc(F)cc6F)C5)cc4)CC3)cc2)c1=O. The lowest BCUT2D eigenvalue weighted by molar-refractivity contribution is -0.0206. The Labute approximate surface area is 300 Å². The Morgan fingerprint density at radius 3 is 2.19 bits per heavy atom. The van der Waals surface area contributed by atoms with Crippen molar-refractivity contribution in [2.24, 2.45) is 11.3 Å². The molecule has 7 rings (SSSR count). The Bertz CT molecular complexity index is 2000. The van der Waals surface area contributed by atoms with Crippen LogP contribution in [0.25, 0.3) is 5.69 Å². The number of aromatic nitrogens is 6. The molecule has 12 nitrogen and oxygen atoms in total. The van der Waals surface area contributed by atoms with Crippen LogP contribution in [0.1, 0.15) is 32.8 Å². The number of halogens is 2. The summed E-state index contributed by atoms with van der Waals surface area (Å²) in [5, 5.41) is 18.8. The molecule has 1 N–H and O–H groups in total. The highest BCUT2D eigenvalue weighted by Crippen LogP contribution is 2.42. The topological polar surface area (TPSA) is 116 Å². The van der Waals surface area contributed by atoms with E-state index >= 15 is 0 Å². The summed E-state index contributed by atoms with van der Waals surface area (Å²) in [5.74, 6) is -0.565. The summed E-state index contributed by atoms with van der Waals surface area (Å²) in [6.07, 6.45) is 4.25. The van der Waals surface area contributed by atoms with Gasteiger partial charge in [0.25, 0.3) is 0 Å². The third-order valence-electron chi connectivity index (χ3n) is 10.1. The third kappa shape index (κ3) is 7.58. The second kappa shape index (κ2) is 14.5. The highest BCUT2D eigenvalue weighted by Gasteiger charge is 2.44. The maximum atomic E-state index is 15.0. The molecule has 274 valence electrons. The van der Waals surface area contributed by atoms with Crippen LogP contribution in [0, 0.1) is 23.0 Å². The zero-order chi connectivity index (χ0) is 36.5. The van der Waals surface area contributed by atoms with E-state index in [0.29, 0.717) is 25.2 Å². The number of hydrogen-bond donors (Lipinski definition) is 1. The molecule has 2 aliphatic heterocycles. The quantitative estimate of drug-likeness (QED) is 0.209. The largest absolute Gasteiger partial charge is 0.493 e. The number of ether oxygens (including phenoxy) is 2. The predicted octanol–water partition coefficient (Wildman–Crippen LogP) is 4.65. The molecular weight excluding hydrogens is 670 g/mol. The van der Waals surface area contributed by atoms with Crippen LogP contribution in [0.15, 0.2) is 90.5 Å². The smallest absolute Gasteiger partial charge is 0.350 e. The van der Waals surface area contributed by atoms with Crippen LogP contribution in [0.4, 0.5) is 20.2 Å². The summed E-state index contributed by atoms with van der Waals surface area (Å²) < 4.78 is 45.5. The van der Waals surface area contributed by atoms with Crippen LogP contribution in [-0.2, 0) is 23.4 Å². The first kappa shape index (κ1) is 35.3. The normalized spacial score (nSPS) is 20.0. The number of benzene rings is 3. The second-order valence-corrected chi connectivity index (χ2v) is 14.7. The van der Waals surface area contributed by atoms with Crippen LogP contribution in [-0.4, -0.2) is 79.7 Å². The van der Waals surface area contributed by atoms with Crippen molar-refractivity contribution in [2.75, 3.05) is 49.2 Å². The molecule has 0 spiro atoms. The van der Waals surface area contributed by atoms with E-state index in [-0.39, 0.29) is 30.1 Å². The summed E-state index contributed by atoms with van der Waals surface area (Å²) in [7, 11) is 0. The Morgan fingerprint density at radius 2 is 1.58 bits per heavy atom. The molecule has 52 heavy (non-hydrogen) atoms. The van der Waals surface area contributed by atoms with Crippen LogP contribution >= 0.6 is 0 Å². The number of rotatable bonds is 11. The van der Waals surface area contributed by atoms with Gasteiger partial charge in [-0.2, -0.15) is 10.2 Å². The molecule has 2 fully saturated rings. The Kier molecular flexibility index (Phi) is 9.86. The summed E-state index contributed by atoms with van der Waals surface area (Å²) in [4.78, 5) is 21.6. The van der Waals surface area contributed by atoms with Crippen LogP contribution in [0.2, 0.25) is 0 Å². The van der Waals surface area contributed by atoms with Gasteiger partial charge < -0.3 is 24.4 Å². The second-order valence-electron chi connectivity index (χ2n) is 14.7. The van der Waals surface area contributed by atoms with E-state index < -0.39 is 23.3 Å². The van der Waals surface area contributed by atoms with Gasteiger partial charge in [-0.05, 0) is 66.4 Å². The lowest BCUT2D eigenvalue weighted by Crippen LogP contribution is -2.46. The number of aliphatic hydroxyl groups excluding tert-OH is 1. The molecule has 0 radical (unpaired) electrons. The number of hydrogen-bond acceptors (Lipinski definition) is 9. The predicted molar refractivity (Wildman–Crippen MR) is 192 cm³/mol. The van der Waals surface area contributed by atoms with Gasteiger partial charge in [0.1, 0.15) is 42.0 Å². The fourth-order valence-corrected chi connectivity index (χ4v) is 6.88. The first-order valence-electron chi connectivity index (χ1n) is 17.6. The first-order valence-corrected chi connectivity index (χ1v) is 17.6. The van der Waals surface area contributed by atoms with E-state index in [4.69, 9.17) is 9.47 Å². The molecule has 4 heterocycles. The van der Waals surface area contributed by atoms with Crippen molar-refractivity contribution < 1.29 is 23.4 Å². The van der Waals surface area contributed by atoms with Crippen molar-refractivity contribution in [2.45, 2.75) is 52.0 Å². The highest BCUT2D eigenvalue weighted by atomic mass is 19.1. The molecule has 3 aromatic carbocycles. The average molecular weight is 715 g/mol. The first-order chi connectivity index (χ1) is 25.0. The molecule has 0 bridgehead atoms. The van der Waals surface area contributed by atoms with Gasteiger partial charge in [0.15, 0.2) is 0 Å². The standard InChI is InChI=1S/C38H44F2N8O4/c1-37(2,3)35(49)20-48-36(50)47(26-43-48)31-7-5-29(6-8-31)44-14-16-45(17-15-44)30-9-11-32(12-10-30)51-21-27-19-38(52-22-27,23-46-25-41-24-42-46)33-13-4-28(39)18-34(33)40/h4-13,18,24-27,35,49H,14-17,19-23H2,1-3H3. The van der Waals surface area contributed by atoms with E-state index in [1.165, 1.54) is 34.0 Å². The molecule has 2 aliphatic rings. The average Bonchev–Trinajstić information content (AvgIpc) is 3.89. The van der Waals surface area contributed by atoms with Crippen molar-refractivity contribution in [3.05, 3.63) is 113 Å². The molecule has 2 saturated heterocycles. The van der Waals surface area contributed by atoms with Crippen molar-refractivity contribution in [3.8, 4) is 11.4 Å². The zero-order valence-electron chi connectivity index (χ0n) is 29.6. The fourth-order valence-electron chi connectivity index (χ4n) is 6.88. The van der Waals surface area contributed by atoms with E-state index in [9.17, 15) is 18.7 Å². The summed E-state index contributed by atoms with van der Waals surface area (Å²) in [5.41, 5.74) is 1.55. The van der Waals surface area contributed by atoms with Gasteiger partial charge in [0.2, 0.25) is 0 Å². The van der Waals surface area contributed by atoms with E-state index in [1.54, 1.807) is 11.0 Å². The minimum atomic E-state index is -1.02. The molecule has 14 heteroatoms. The van der Waals surface area contributed by atoms with Crippen molar-refractivity contribution in [1.82, 2.24) is 29.1 Å². The lowest BCUT2D eigenvalue weighted by atomic mass is 9.87. The summed E-state index contributed by atoms with van der Waals surface area (Å²) >= 11 is 0. The van der Waals surface area contributed by atoms with Gasteiger partial charge in [-0.1, -0.05) is 26.8 Å². The third-order valence-corrected chi connectivity index (χ3v) is 10.1. The van der Waals surface area contributed by atoms with Crippen molar-refractivity contribution in [1.29, 1.82) is 0 Å². The maximum absolute atomic E-state index is 15.0. The molecule has 2 aromatic heterocycles. The molecule has 0 amide bonds. The van der Waals surface area contributed by atoms with Gasteiger partial charge in [0.05, 0.1) is 38.1 Å². The van der Waals surface area contributed by atoms with Gasteiger partial charge >= 0.3 is 5.69 Å². The Morgan fingerprint density at radius 1 is 0.923 bits per heavy atom. The Hall–Kier alpha value is -5.08. The minimum absolute atomic E-state index is 0.0130.